The van der Waals surface area contributed by atoms with Crippen LogP contribution in [0.5, 0.6) is 0 Å². The summed E-state index contributed by atoms with van der Waals surface area (Å²) in [6.07, 6.45) is 7.45. The third kappa shape index (κ3) is 2.42. The maximum atomic E-state index is 8.53. The quantitative estimate of drug-likeness (QED) is 0.573. The van der Waals surface area contributed by atoms with E-state index in [1.54, 1.807) is 12.2 Å². The van der Waals surface area contributed by atoms with Gasteiger partial charge in [-0.15, -0.1) is 0 Å². The van der Waals surface area contributed by atoms with Crippen molar-refractivity contribution in [1.29, 1.82) is 0 Å². The molecule has 0 saturated carbocycles. The fourth-order valence-corrected chi connectivity index (χ4v) is 1.41. The number of para-hydroxylation sites is 1. The molecule has 74 valence electrons. The van der Waals surface area contributed by atoms with E-state index in [9.17, 15) is 0 Å². The molecule has 0 amide bonds. The first-order valence-electron chi connectivity index (χ1n) is 4.78. The van der Waals surface area contributed by atoms with Crippen LogP contribution in [0.2, 0.25) is 0 Å². The van der Waals surface area contributed by atoms with E-state index in [2.05, 4.69) is 10.1 Å². The van der Waals surface area contributed by atoms with Crippen LogP contribution in [0.3, 0.4) is 0 Å². The molecule has 0 radical (unpaired) electrons. The Morgan fingerprint density at radius 2 is 1.73 bits per heavy atom. The summed E-state index contributed by atoms with van der Waals surface area (Å²) in [5, 5.41) is 3.32. The summed E-state index contributed by atoms with van der Waals surface area (Å²) in [7, 11) is 0. The van der Waals surface area contributed by atoms with Gasteiger partial charge in [-0.1, -0.05) is 30.4 Å². The Labute approximate surface area is 88.4 Å². The number of nitrogens with one attached hydrogen (secondary N) is 1. The van der Waals surface area contributed by atoms with Gasteiger partial charge in [0.25, 0.3) is 0 Å². The number of rotatable bonds is 2. The Bertz CT molecular complexity index is 423. The van der Waals surface area contributed by atoms with Gasteiger partial charge < -0.3 is 10.8 Å². The molecule has 1 N–H and O–H groups in total. The van der Waals surface area contributed by atoms with Gasteiger partial charge in [0.2, 0.25) is 0 Å². The zero-order valence-corrected chi connectivity index (χ0v) is 8.17. The lowest BCUT2D eigenvalue weighted by molar-refractivity contribution is -0.00162. The van der Waals surface area contributed by atoms with Crippen molar-refractivity contribution in [3.63, 3.8) is 0 Å². The predicted molar refractivity (Wildman–Crippen MR) is 60.8 cm³/mol. The molecule has 1 aliphatic rings. The molecule has 1 aromatic rings. The Morgan fingerprint density at radius 3 is 2.33 bits per heavy atom. The first-order valence-corrected chi connectivity index (χ1v) is 4.78. The fraction of sp³-hybridized carbons (Fsp3) is 0.0833. The zero-order chi connectivity index (χ0) is 10.5. The van der Waals surface area contributed by atoms with Gasteiger partial charge in [0.05, 0.1) is 6.04 Å². The monoisotopic (exact) mass is 197 g/mol. The average Bonchev–Trinajstić information content (AvgIpc) is 2.31. The van der Waals surface area contributed by atoms with Crippen molar-refractivity contribution in [2.24, 2.45) is 0 Å². The molecule has 0 bridgehead atoms. The molecule has 3 heteroatoms. The van der Waals surface area contributed by atoms with Gasteiger partial charge in [-0.05, 0) is 12.1 Å². The van der Waals surface area contributed by atoms with Crippen LogP contribution < -0.4 is 5.32 Å². The van der Waals surface area contributed by atoms with Gasteiger partial charge in [-0.3, -0.25) is 0 Å². The first kappa shape index (κ1) is 9.44. The van der Waals surface area contributed by atoms with E-state index < -0.39 is 0 Å². The Hall–Kier alpha value is -2.12. The summed E-state index contributed by atoms with van der Waals surface area (Å²) in [6, 6.07) is 10.1. The predicted octanol–water partition coefficient (Wildman–Crippen LogP) is 2.26. The van der Waals surface area contributed by atoms with Crippen molar-refractivity contribution in [2.75, 3.05) is 5.32 Å². The zero-order valence-electron chi connectivity index (χ0n) is 8.17. The highest BCUT2D eigenvalue weighted by Crippen LogP contribution is 2.10. The van der Waals surface area contributed by atoms with E-state index in [1.807, 2.05) is 42.5 Å². The minimum atomic E-state index is 0.151. The lowest BCUT2D eigenvalue weighted by Gasteiger charge is -2.13. The molecule has 0 saturated heterocycles. The molecule has 2 rings (SSSR count). The summed E-state index contributed by atoms with van der Waals surface area (Å²) in [5.74, 6) is 0. The van der Waals surface area contributed by atoms with E-state index in [4.69, 9.17) is 5.53 Å². The highest BCUT2D eigenvalue weighted by molar-refractivity contribution is 6.00. The second kappa shape index (κ2) is 4.40. The number of hydrogen-bond donors (Lipinski definition) is 1. The first-order chi connectivity index (χ1) is 7.38. The molecule has 0 atom stereocenters. The van der Waals surface area contributed by atoms with Crippen molar-refractivity contribution in [3.8, 4) is 0 Å². The average molecular weight is 197 g/mol. The molecular formula is C12H11N3. The lowest BCUT2D eigenvalue weighted by Crippen LogP contribution is -2.17. The lowest BCUT2D eigenvalue weighted by atomic mass is 10.1. The second-order valence-electron chi connectivity index (χ2n) is 3.28. The molecule has 15 heavy (non-hydrogen) atoms. The van der Waals surface area contributed by atoms with Gasteiger partial charge in [0.15, 0.2) is 0 Å². The molecule has 1 aromatic carbocycles. The van der Waals surface area contributed by atoms with Gasteiger partial charge in [-0.2, -0.15) is 4.79 Å². The van der Waals surface area contributed by atoms with Crippen molar-refractivity contribution >= 4 is 11.4 Å². The smallest absolute Gasteiger partial charge is 0.314 e. The maximum absolute atomic E-state index is 8.53. The molecule has 3 nitrogen and oxygen atoms in total. The minimum Gasteiger partial charge on any atom is -0.375 e. The Balaban J connectivity index is 2.05. The van der Waals surface area contributed by atoms with Crippen molar-refractivity contribution in [3.05, 3.63) is 60.2 Å². The SMILES string of the molecule is [N-]=[N+]=C1C=CC(Nc2ccccc2)C=C1. The van der Waals surface area contributed by atoms with Gasteiger partial charge in [0, 0.05) is 17.8 Å². The standard InChI is InChI=1S/C12H11N3/c13-15-12-8-6-11(7-9-12)14-10-4-2-1-3-5-10/h1-9,11,14H. The molecule has 0 heterocycles. The molecule has 0 spiro atoms. The van der Waals surface area contributed by atoms with Crippen LogP contribution in [-0.4, -0.2) is 16.5 Å². The number of anilines is 1. The van der Waals surface area contributed by atoms with Gasteiger partial charge in [0.1, 0.15) is 0 Å². The summed E-state index contributed by atoms with van der Waals surface area (Å²) in [4.78, 5) is 3.10. The van der Waals surface area contributed by atoms with Gasteiger partial charge >= 0.3 is 5.71 Å². The van der Waals surface area contributed by atoms with Crippen LogP contribution in [0.15, 0.2) is 54.6 Å². The number of hydrogen-bond acceptors (Lipinski definition) is 1. The summed E-state index contributed by atoms with van der Waals surface area (Å²) in [6.45, 7) is 0. The second-order valence-corrected chi connectivity index (χ2v) is 3.28. The number of benzene rings is 1. The highest BCUT2D eigenvalue weighted by Gasteiger charge is 2.08. The summed E-state index contributed by atoms with van der Waals surface area (Å²) >= 11 is 0. The molecule has 0 aliphatic heterocycles. The highest BCUT2D eigenvalue weighted by atomic mass is 14.9. The van der Waals surface area contributed by atoms with Crippen molar-refractivity contribution in [1.82, 2.24) is 0 Å². The van der Waals surface area contributed by atoms with Crippen LogP contribution in [0.4, 0.5) is 5.69 Å². The Kier molecular flexibility index (Phi) is 2.77. The third-order valence-electron chi connectivity index (χ3n) is 2.17. The van der Waals surface area contributed by atoms with E-state index in [-0.39, 0.29) is 6.04 Å². The van der Waals surface area contributed by atoms with Crippen LogP contribution in [-0.2, 0) is 0 Å². The van der Waals surface area contributed by atoms with E-state index in [1.165, 1.54) is 0 Å². The maximum Gasteiger partial charge on any atom is 0.314 e. The molecular weight excluding hydrogens is 186 g/mol. The van der Waals surface area contributed by atoms with E-state index in [0.717, 1.165) is 5.69 Å². The molecule has 0 fully saturated rings. The van der Waals surface area contributed by atoms with E-state index in [0.29, 0.717) is 5.71 Å². The molecule has 0 unspecified atom stereocenters. The van der Waals surface area contributed by atoms with Crippen LogP contribution in [0.1, 0.15) is 0 Å². The van der Waals surface area contributed by atoms with E-state index >= 15 is 0 Å². The number of nitrogens with zero attached hydrogens (tertiary/aromatic N) is 2. The van der Waals surface area contributed by atoms with Crippen molar-refractivity contribution < 1.29 is 4.79 Å². The number of allylic oxidation sites excluding steroid dienone is 2. The van der Waals surface area contributed by atoms with Crippen LogP contribution in [0.25, 0.3) is 5.53 Å². The summed E-state index contributed by atoms with van der Waals surface area (Å²) in [5.41, 5.74) is 10.2. The van der Waals surface area contributed by atoms with Gasteiger partial charge in [-0.25, -0.2) is 0 Å². The molecule has 0 aromatic heterocycles. The normalized spacial score (nSPS) is 18.7. The van der Waals surface area contributed by atoms with Crippen LogP contribution in [0, 0.1) is 0 Å². The van der Waals surface area contributed by atoms with Crippen molar-refractivity contribution in [2.45, 2.75) is 6.04 Å². The fourth-order valence-electron chi connectivity index (χ4n) is 1.41. The summed E-state index contributed by atoms with van der Waals surface area (Å²) < 4.78 is 0. The minimum absolute atomic E-state index is 0.151. The largest absolute Gasteiger partial charge is 0.375 e. The topological polar surface area (TPSA) is 48.4 Å². The third-order valence-corrected chi connectivity index (χ3v) is 2.17. The molecule has 1 aliphatic carbocycles. The Morgan fingerprint density at radius 1 is 1.07 bits per heavy atom. The van der Waals surface area contributed by atoms with Crippen LogP contribution >= 0.6 is 0 Å².